The van der Waals surface area contributed by atoms with Gasteiger partial charge in [0.25, 0.3) is 0 Å². The lowest BCUT2D eigenvalue weighted by Gasteiger charge is -2.30. The standard InChI is InChI=1S/C24H28N2/c1-18-8-6-9-20-10-7-11-21(24(18)20)12-13-22-16-23(19(2)17-25-22)26-14-4-3-5-15-26/h6-11,16-17H,3-5,12-15H2,1-2H3. The molecular formula is C24H28N2. The number of hydrogen-bond donors (Lipinski definition) is 0. The number of fused-ring (bicyclic) bond motifs is 1. The zero-order valence-corrected chi connectivity index (χ0v) is 16.0. The molecule has 2 aromatic carbocycles. The second kappa shape index (κ2) is 7.49. The van der Waals surface area contributed by atoms with Crippen molar-refractivity contribution in [3.8, 4) is 0 Å². The Morgan fingerprint density at radius 2 is 1.65 bits per heavy atom. The summed E-state index contributed by atoms with van der Waals surface area (Å²) in [5, 5.41) is 2.76. The highest BCUT2D eigenvalue weighted by Gasteiger charge is 2.14. The smallest absolute Gasteiger partial charge is 0.0429 e. The quantitative estimate of drug-likeness (QED) is 0.610. The summed E-state index contributed by atoms with van der Waals surface area (Å²) in [5.74, 6) is 0. The molecule has 1 aliphatic heterocycles. The van der Waals surface area contributed by atoms with Crippen LogP contribution >= 0.6 is 0 Å². The van der Waals surface area contributed by atoms with Crippen molar-refractivity contribution < 1.29 is 0 Å². The molecule has 26 heavy (non-hydrogen) atoms. The lowest BCUT2D eigenvalue weighted by atomic mass is 9.96. The van der Waals surface area contributed by atoms with E-state index in [1.54, 1.807) is 0 Å². The van der Waals surface area contributed by atoms with Gasteiger partial charge in [-0.2, -0.15) is 0 Å². The van der Waals surface area contributed by atoms with Crippen LogP contribution in [0.15, 0.2) is 48.7 Å². The molecule has 4 rings (SSSR count). The van der Waals surface area contributed by atoms with E-state index in [-0.39, 0.29) is 0 Å². The first-order valence-corrected chi connectivity index (χ1v) is 9.90. The molecule has 0 spiro atoms. The Balaban J connectivity index is 1.57. The van der Waals surface area contributed by atoms with Crippen LogP contribution in [-0.4, -0.2) is 18.1 Å². The number of hydrogen-bond acceptors (Lipinski definition) is 2. The van der Waals surface area contributed by atoms with E-state index in [1.165, 1.54) is 71.2 Å². The van der Waals surface area contributed by atoms with E-state index in [2.05, 4.69) is 67.4 Å². The summed E-state index contributed by atoms with van der Waals surface area (Å²) in [7, 11) is 0. The highest BCUT2D eigenvalue weighted by Crippen LogP contribution is 2.26. The summed E-state index contributed by atoms with van der Waals surface area (Å²) in [5.41, 5.74) is 6.70. The number of nitrogens with zero attached hydrogens (tertiary/aromatic N) is 2. The Hall–Kier alpha value is -2.35. The summed E-state index contributed by atoms with van der Waals surface area (Å²) < 4.78 is 0. The Kier molecular flexibility index (Phi) is 4.92. The van der Waals surface area contributed by atoms with Crippen LogP contribution in [0.2, 0.25) is 0 Å². The summed E-state index contributed by atoms with van der Waals surface area (Å²) in [6.07, 6.45) is 8.09. The van der Waals surface area contributed by atoms with Gasteiger partial charge in [-0.3, -0.25) is 4.98 Å². The molecule has 0 unspecified atom stereocenters. The minimum absolute atomic E-state index is 0.995. The molecule has 0 aliphatic carbocycles. The Bertz CT molecular complexity index is 902. The van der Waals surface area contributed by atoms with E-state index in [4.69, 9.17) is 4.98 Å². The molecule has 3 aromatic rings. The number of pyridine rings is 1. The average molecular weight is 345 g/mol. The third-order valence-electron chi connectivity index (χ3n) is 5.68. The fraction of sp³-hybridized carbons (Fsp3) is 0.375. The predicted molar refractivity (Wildman–Crippen MR) is 111 cm³/mol. The van der Waals surface area contributed by atoms with Crippen LogP contribution in [0.5, 0.6) is 0 Å². The second-order valence-electron chi connectivity index (χ2n) is 7.60. The third kappa shape index (κ3) is 3.46. The fourth-order valence-corrected chi connectivity index (χ4v) is 4.26. The summed E-state index contributed by atoms with van der Waals surface area (Å²) in [6.45, 7) is 6.78. The van der Waals surface area contributed by atoms with Gasteiger partial charge in [-0.15, -0.1) is 0 Å². The number of anilines is 1. The number of benzene rings is 2. The maximum atomic E-state index is 4.72. The van der Waals surface area contributed by atoms with Crippen LogP contribution in [0.1, 0.15) is 41.6 Å². The van der Waals surface area contributed by atoms with Gasteiger partial charge < -0.3 is 4.90 Å². The van der Waals surface area contributed by atoms with Crippen molar-refractivity contribution in [3.05, 3.63) is 71.0 Å². The molecule has 0 bridgehead atoms. The van der Waals surface area contributed by atoms with Crippen LogP contribution in [0.25, 0.3) is 10.8 Å². The van der Waals surface area contributed by atoms with E-state index in [0.29, 0.717) is 0 Å². The van der Waals surface area contributed by atoms with Crippen molar-refractivity contribution >= 4 is 16.5 Å². The maximum absolute atomic E-state index is 4.72. The van der Waals surface area contributed by atoms with Crippen molar-refractivity contribution in [3.63, 3.8) is 0 Å². The highest BCUT2D eigenvalue weighted by atomic mass is 15.1. The topological polar surface area (TPSA) is 16.1 Å². The van der Waals surface area contributed by atoms with E-state index in [0.717, 1.165) is 12.8 Å². The minimum Gasteiger partial charge on any atom is -0.371 e. The molecule has 134 valence electrons. The van der Waals surface area contributed by atoms with Crippen molar-refractivity contribution in [2.45, 2.75) is 46.0 Å². The minimum atomic E-state index is 0.995. The molecule has 1 aliphatic rings. The zero-order chi connectivity index (χ0) is 17.9. The van der Waals surface area contributed by atoms with Crippen molar-refractivity contribution in [2.75, 3.05) is 18.0 Å². The van der Waals surface area contributed by atoms with Gasteiger partial charge in [0.05, 0.1) is 0 Å². The lowest BCUT2D eigenvalue weighted by molar-refractivity contribution is 0.576. The number of aromatic nitrogens is 1. The largest absolute Gasteiger partial charge is 0.371 e. The van der Waals surface area contributed by atoms with Crippen LogP contribution < -0.4 is 4.90 Å². The van der Waals surface area contributed by atoms with Gasteiger partial charge in [-0.05, 0) is 79.5 Å². The van der Waals surface area contributed by atoms with E-state index >= 15 is 0 Å². The molecular weight excluding hydrogens is 316 g/mol. The Morgan fingerprint density at radius 1 is 0.885 bits per heavy atom. The van der Waals surface area contributed by atoms with E-state index < -0.39 is 0 Å². The molecule has 1 fully saturated rings. The van der Waals surface area contributed by atoms with Gasteiger partial charge in [-0.25, -0.2) is 0 Å². The van der Waals surface area contributed by atoms with Crippen molar-refractivity contribution in [2.24, 2.45) is 0 Å². The summed E-state index contributed by atoms with van der Waals surface area (Å²) in [4.78, 5) is 7.27. The first-order valence-electron chi connectivity index (χ1n) is 9.90. The normalized spacial score (nSPS) is 14.8. The number of piperidine rings is 1. The second-order valence-corrected chi connectivity index (χ2v) is 7.60. The van der Waals surface area contributed by atoms with E-state index in [9.17, 15) is 0 Å². The predicted octanol–water partition coefficient (Wildman–Crippen LogP) is 5.63. The molecule has 2 heterocycles. The SMILES string of the molecule is Cc1cnc(CCc2cccc3cccc(C)c23)cc1N1CCCCC1. The number of rotatable bonds is 4. The van der Waals surface area contributed by atoms with Gasteiger partial charge in [-0.1, -0.05) is 36.4 Å². The Morgan fingerprint density at radius 3 is 2.46 bits per heavy atom. The van der Waals surface area contributed by atoms with Crippen LogP contribution in [-0.2, 0) is 12.8 Å². The van der Waals surface area contributed by atoms with Crippen molar-refractivity contribution in [1.29, 1.82) is 0 Å². The molecule has 1 aromatic heterocycles. The fourth-order valence-electron chi connectivity index (χ4n) is 4.26. The van der Waals surface area contributed by atoms with Crippen LogP contribution in [0.4, 0.5) is 5.69 Å². The van der Waals surface area contributed by atoms with Crippen molar-refractivity contribution in [1.82, 2.24) is 4.98 Å². The first-order chi connectivity index (χ1) is 12.7. The first kappa shape index (κ1) is 17.1. The van der Waals surface area contributed by atoms with Gasteiger partial charge in [0.2, 0.25) is 0 Å². The summed E-state index contributed by atoms with van der Waals surface area (Å²) >= 11 is 0. The number of aryl methyl sites for hydroxylation is 4. The van der Waals surface area contributed by atoms with Gasteiger partial charge >= 0.3 is 0 Å². The average Bonchev–Trinajstić information content (AvgIpc) is 2.68. The van der Waals surface area contributed by atoms with Gasteiger partial charge in [0, 0.05) is 30.7 Å². The van der Waals surface area contributed by atoms with Gasteiger partial charge in [0.1, 0.15) is 0 Å². The monoisotopic (exact) mass is 344 g/mol. The molecule has 1 saturated heterocycles. The van der Waals surface area contributed by atoms with Crippen LogP contribution in [0.3, 0.4) is 0 Å². The van der Waals surface area contributed by atoms with E-state index in [1.807, 2.05) is 0 Å². The van der Waals surface area contributed by atoms with Crippen LogP contribution in [0, 0.1) is 13.8 Å². The third-order valence-corrected chi connectivity index (χ3v) is 5.68. The molecule has 2 nitrogen and oxygen atoms in total. The molecule has 0 N–H and O–H groups in total. The molecule has 0 atom stereocenters. The molecule has 0 radical (unpaired) electrons. The maximum Gasteiger partial charge on any atom is 0.0429 e. The molecule has 2 heteroatoms. The zero-order valence-electron chi connectivity index (χ0n) is 16.0. The molecule has 0 amide bonds. The lowest BCUT2D eigenvalue weighted by Crippen LogP contribution is -2.30. The van der Waals surface area contributed by atoms with Gasteiger partial charge in [0.15, 0.2) is 0 Å². The molecule has 0 saturated carbocycles. The highest BCUT2D eigenvalue weighted by molar-refractivity contribution is 5.88. The Labute approximate surface area is 156 Å². The summed E-state index contributed by atoms with van der Waals surface area (Å²) in [6, 6.07) is 15.6.